The lowest BCUT2D eigenvalue weighted by molar-refractivity contribution is -0.145. The molecule has 1 N–H and O–H groups in total. The van der Waals surface area contributed by atoms with Crippen LogP contribution in [0.5, 0.6) is 0 Å². The smallest absolute Gasteiger partial charge is 0.242 e. The number of amides is 2. The predicted octanol–water partition coefficient (Wildman–Crippen LogP) is 3.61. The fourth-order valence-electron chi connectivity index (χ4n) is 5.37. The highest BCUT2D eigenvalue weighted by Gasteiger charge is 2.35. The Hall–Kier alpha value is -1.14. The molecule has 0 aliphatic carbocycles. The van der Waals surface area contributed by atoms with Gasteiger partial charge in [-0.05, 0) is 76.8 Å². The first-order valence-corrected chi connectivity index (χ1v) is 13.1. The second-order valence-electron chi connectivity index (χ2n) is 11.5. The first kappa shape index (κ1) is 27.1. The van der Waals surface area contributed by atoms with Crippen molar-refractivity contribution < 1.29 is 9.59 Å². The minimum atomic E-state index is -0.131. The molecule has 3 saturated heterocycles. The monoisotopic (exact) mass is 450 g/mol. The zero-order valence-corrected chi connectivity index (χ0v) is 21.9. The summed E-state index contributed by atoms with van der Waals surface area (Å²) in [7, 11) is 2.25. The van der Waals surface area contributed by atoms with Crippen LogP contribution in [-0.2, 0) is 9.59 Å². The Kier molecular flexibility index (Phi) is 11.0. The molecule has 6 nitrogen and oxygen atoms in total. The van der Waals surface area contributed by atoms with Crippen LogP contribution in [0, 0.1) is 17.8 Å². The molecule has 0 aromatic rings. The summed E-state index contributed by atoms with van der Waals surface area (Å²) in [6, 6.07) is 0.881. The fourth-order valence-corrected chi connectivity index (χ4v) is 5.37. The minimum absolute atomic E-state index is 0.0973. The second kappa shape index (κ2) is 12.9. The number of carbonyl (C=O) groups excluding carboxylic acids is 2. The van der Waals surface area contributed by atoms with E-state index in [1.165, 1.54) is 25.8 Å². The van der Waals surface area contributed by atoms with E-state index in [1.54, 1.807) is 4.90 Å². The van der Waals surface area contributed by atoms with Gasteiger partial charge in [0.1, 0.15) is 0 Å². The van der Waals surface area contributed by atoms with Gasteiger partial charge in [-0.3, -0.25) is 9.59 Å². The Morgan fingerprint density at radius 2 is 1.78 bits per heavy atom. The van der Waals surface area contributed by atoms with Crippen molar-refractivity contribution in [3.8, 4) is 0 Å². The highest BCUT2D eigenvalue weighted by molar-refractivity contribution is 5.88. The molecule has 3 aliphatic rings. The van der Waals surface area contributed by atoms with Crippen molar-refractivity contribution >= 4 is 11.8 Å². The molecule has 32 heavy (non-hydrogen) atoms. The summed E-state index contributed by atoms with van der Waals surface area (Å²) in [5.74, 6) is 2.25. The Balaban J connectivity index is 0.000000837. The molecule has 3 fully saturated rings. The maximum absolute atomic E-state index is 13.0. The number of nitrogens with one attached hydrogen (secondary N) is 1. The normalized spacial score (nSPS) is 29.5. The van der Waals surface area contributed by atoms with Crippen LogP contribution in [-0.4, -0.2) is 84.4 Å². The molecule has 0 bridgehead atoms. The number of rotatable bonds is 6. The van der Waals surface area contributed by atoms with Crippen molar-refractivity contribution in [1.29, 1.82) is 0 Å². The average molecular weight is 451 g/mol. The molecule has 0 radical (unpaired) electrons. The van der Waals surface area contributed by atoms with Crippen LogP contribution >= 0.6 is 0 Å². The van der Waals surface area contributed by atoms with E-state index in [2.05, 4.69) is 58.8 Å². The molecule has 0 aromatic carbocycles. The van der Waals surface area contributed by atoms with E-state index < -0.39 is 0 Å². The van der Waals surface area contributed by atoms with E-state index >= 15 is 0 Å². The van der Waals surface area contributed by atoms with Gasteiger partial charge in [-0.15, -0.1) is 0 Å². The van der Waals surface area contributed by atoms with Gasteiger partial charge >= 0.3 is 0 Å². The molecule has 3 heterocycles. The number of piperazine rings is 1. The number of carbonyl (C=O) groups is 2. The summed E-state index contributed by atoms with van der Waals surface area (Å²) in [6.07, 6.45) is 6.96. The lowest BCUT2D eigenvalue weighted by Gasteiger charge is -2.41. The second-order valence-corrected chi connectivity index (χ2v) is 11.5. The van der Waals surface area contributed by atoms with E-state index in [4.69, 9.17) is 0 Å². The number of piperidine rings is 1. The zero-order valence-electron chi connectivity index (χ0n) is 21.9. The van der Waals surface area contributed by atoms with E-state index in [9.17, 15) is 9.59 Å². The minimum Gasteiger partial charge on any atom is -0.338 e. The van der Waals surface area contributed by atoms with Gasteiger partial charge in [-0.25, -0.2) is 0 Å². The molecular weight excluding hydrogens is 400 g/mol. The maximum Gasteiger partial charge on any atom is 0.242 e. The van der Waals surface area contributed by atoms with Crippen molar-refractivity contribution in [2.24, 2.45) is 17.8 Å². The molecule has 0 spiro atoms. The molecule has 6 heteroatoms. The molecule has 2 amide bonds. The SMILES string of the molecule is CC(C)C.CC(C)CC1NCCN(CC(=O)N2CCC(CC3CCCN3C)CC2C)C1=O. The van der Waals surface area contributed by atoms with Gasteiger partial charge in [0.05, 0.1) is 12.6 Å². The summed E-state index contributed by atoms with van der Waals surface area (Å²) >= 11 is 0. The van der Waals surface area contributed by atoms with Crippen LogP contribution in [0.3, 0.4) is 0 Å². The standard InChI is InChI=1S/C22H40N4O2.C4H10/c1-16(2)12-20-22(28)25(11-8-23-20)15-21(27)26-10-7-18(13-17(26)3)14-19-6-5-9-24(19)4;1-4(2)3/h16-20,23H,5-15H2,1-4H3;4H,1-3H3. The van der Waals surface area contributed by atoms with Crippen molar-refractivity contribution in [2.75, 3.05) is 39.8 Å². The van der Waals surface area contributed by atoms with Crippen molar-refractivity contribution in [1.82, 2.24) is 20.0 Å². The molecule has 4 atom stereocenters. The first-order chi connectivity index (χ1) is 15.1. The third-order valence-electron chi connectivity index (χ3n) is 7.00. The van der Waals surface area contributed by atoms with E-state index in [-0.39, 0.29) is 30.4 Å². The van der Waals surface area contributed by atoms with Gasteiger partial charge in [0.15, 0.2) is 0 Å². The highest BCUT2D eigenvalue weighted by atomic mass is 16.2. The van der Waals surface area contributed by atoms with Gasteiger partial charge in [0.25, 0.3) is 0 Å². The topological polar surface area (TPSA) is 55.9 Å². The lowest BCUT2D eigenvalue weighted by atomic mass is 9.86. The first-order valence-electron chi connectivity index (χ1n) is 13.1. The summed E-state index contributed by atoms with van der Waals surface area (Å²) in [4.78, 5) is 32.0. The zero-order chi connectivity index (χ0) is 23.8. The van der Waals surface area contributed by atoms with Crippen LogP contribution in [0.15, 0.2) is 0 Å². The molecule has 4 unspecified atom stereocenters. The van der Waals surface area contributed by atoms with E-state index in [0.717, 1.165) is 50.2 Å². The third kappa shape index (κ3) is 8.33. The largest absolute Gasteiger partial charge is 0.338 e. The van der Waals surface area contributed by atoms with Crippen LogP contribution in [0.2, 0.25) is 0 Å². The van der Waals surface area contributed by atoms with Gasteiger partial charge < -0.3 is 20.0 Å². The van der Waals surface area contributed by atoms with Crippen LogP contribution in [0.4, 0.5) is 0 Å². The Morgan fingerprint density at radius 1 is 1.09 bits per heavy atom. The van der Waals surface area contributed by atoms with Crippen molar-refractivity contribution in [2.45, 2.75) is 98.2 Å². The van der Waals surface area contributed by atoms with Crippen molar-refractivity contribution in [3.63, 3.8) is 0 Å². The number of likely N-dealkylation sites (tertiary alicyclic amines) is 2. The molecular formula is C26H50N4O2. The Morgan fingerprint density at radius 3 is 2.34 bits per heavy atom. The van der Waals surface area contributed by atoms with Crippen LogP contribution < -0.4 is 5.32 Å². The summed E-state index contributed by atoms with van der Waals surface area (Å²) in [6.45, 7) is 16.7. The third-order valence-corrected chi connectivity index (χ3v) is 7.00. The quantitative estimate of drug-likeness (QED) is 0.672. The van der Waals surface area contributed by atoms with Gasteiger partial charge in [0.2, 0.25) is 11.8 Å². The summed E-state index contributed by atoms with van der Waals surface area (Å²) in [5, 5.41) is 3.32. The van der Waals surface area contributed by atoms with Gasteiger partial charge in [-0.2, -0.15) is 0 Å². The summed E-state index contributed by atoms with van der Waals surface area (Å²) in [5.41, 5.74) is 0. The van der Waals surface area contributed by atoms with Crippen LogP contribution in [0.25, 0.3) is 0 Å². The average Bonchev–Trinajstić information content (AvgIpc) is 3.09. The molecule has 3 rings (SSSR count). The number of nitrogens with zero attached hydrogens (tertiary/aromatic N) is 3. The fraction of sp³-hybridized carbons (Fsp3) is 0.923. The molecule has 3 aliphatic heterocycles. The van der Waals surface area contributed by atoms with E-state index in [0.29, 0.717) is 12.5 Å². The molecule has 186 valence electrons. The molecule has 0 aromatic heterocycles. The predicted molar refractivity (Wildman–Crippen MR) is 133 cm³/mol. The van der Waals surface area contributed by atoms with Crippen LogP contribution in [0.1, 0.15) is 80.1 Å². The Bertz CT molecular complexity index is 592. The molecule has 0 saturated carbocycles. The van der Waals surface area contributed by atoms with E-state index in [1.807, 2.05) is 4.90 Å². The highest BCUT2D eigenvalue weighted by Crippen LogP contribution is 2.31. The maximum atomic E-state index is 13.0. The number of hydrogen-bond donors (Lipinski definition) is 1. The van der Waals surface area contributed by atoms with Crippen molar-refractivity contribution in [3.05, 3.63) is 0 Å². The van der Waals surface area contributed by atoms with Gasteiger partial charge in [0, 0.05) is 31.7 Å². The van der Waals surface area contributed by atoms with Gasteiger partial charge in [-0.1, -0.05) is 34.6 Å². The lowest BCUT2D eigenvalue weighted by Crippen LogP contribution is -2.58. The Labute approximate surface area is 197 Å². The summed E-state index contributed by atoms with van der Waals surface area (Å²) < 4.78 is 0. The number of hydrogen-bond acceptors (Lipinski definition) is 4.